The van der Waals surface area contributed by atoms with Gasteiger partial charge in [0, 0.05) is 0 Å². The average Bonchev–Trinajstić information content (AvgIpc) is 2.24. The summed E-state index contributed by atoms with van der Waals surface area (Å²) in [4.78, 5) is 23.8. The molecule has 0 aliphatic rings. The van der Waals surface area contributed by atoms with Crippen LogP contribution in [0.2, 0.25) is 0 Å². The molecule has 5 heteroatoms. The summed E-state index contributed by atoms with van der Waals surface area (Å²) in [5.74, 6) is 0. The Morgan fingerprint density at radius 2 is 2.00 bits per heavy atom. The molecule has 1 aromatic rings. The lowest BCUT2D eigenvalue weighted by atomic mass is 10.1. The first-order valence-electron chi connectivity index (χ1n) is 5.31. The Kier molecular flexibility index (Phi) is 4.09. The number of nitrogens with zero attached hydrogens (tertiary/aromatic N) is 1. The van der Waals surface area contributed by atoms with Crippen molar-refractivity contribution in [3.63, 3.8) is 0 Å². The van der Waals surface area contributed by atoms with E-state index in [4.69, 9.17) is 10.5 Å². The highest BCUT2D eigenvalue weighted by molar-refractivity contribution is 6.11. The average molecular weight is 236 g/mol. The lowest BCUT2D eigenvalue weighted by Gasteiger charge is -2.20. The second-order valence-corrected chi connectivity index (χ2v) is 3.59. The van der Waals surface area contributed by atoms with Gasteiger partial charge in [-0.2, -0.15) is 4.90 Å². The summed E-state index contributed by atoms with van der Waals surface area (Å²) in [7, 11) is 0. The summed E-state index contributed by atoms with van der Waals surface area (Å²) < 4.78 is 4.80. The van der Waals surface area contributed by atoms with E-state index in [9.17, 15) is 9.59 Å². The molecule has 0 unspecified atom stereocenters. The van der Waals surface area contributed by atoms with Gasteiger partial charge in [-0.3, -0.25) is 0 Å². The monoisotopic (exact) mass is 236 g/mol. The topological polar surface area (TPSA) is 72.6 Å². The van der Waals surface area contributed by atoms with Gasteiger partial charge in [-0.1, -0.05) is 12.1 Å². The minimum atomic E-state index is -0.850. The fourth-order valence-corrected chi connectivity index (χ4v) is 1.47. The van der Waals surface area contributed by atoms with Crippen molar-refractivity contribution >= 4 is 17.8 Å². The van der Waals surface area contributed by atoms with Crippen molar-refractivity contribution in [2.75, 3.05) is 11.5 Å². The van der Waals surface area contributed by atoms with Gasteiger partial charge in [0.05, 0.1) is 12.3 Å². The smallest absolute Gasteiger partial charge is 0.422 e. The highest BCUT2D eigenvalue weighted by Gasteiger charge is 2.24. The molecule has 0 atom stereocenters. The Morgan fingerprint density at radius 3 is 2.53 bits per heavy atom. The number of primary amides is 1. The van der Waals surface area contributed by atoms with Gasteiger partial charge in [0.15, 0.2) is 0 Å². The van der Waals surface area contributed by atoms with E-state index < -0.39 is 12.1 Å². The molecule has 0 bridgehead atoms. The first-order valence-corrected chi connectivity index (χ1v) is 5.31. The Hall–Kier alpha value is -2.04. The van der Waals surface area contributed by atoms with Crippen molar-refractivity contribution in [1.29, 1.82) is 0 Å². The summed E-state index contributed by atoms with van der Waals surface area (Å²) in [5, 5.41) is 0. The third-order valence-electron chi connectivity index (χ3n) is 2.49. The van der Waals surface area contributed by atoms with Crippen molar-refractivity contribution in [2.24, 2.45) is 5.73 Å². The van der Waals surface area contributed by atoms with Gasteiger partial charge in [0.1, 0.15) is 0 Å². The largest absolute Gasteiger partial charge is 0.449 e. The maximum Gasteiger partial charge on any atom is 0.422 e. The molecule has 0 aromatic heterocycles. The van der Waals surface area contributed by atoms with Crippen molar-refractivity contribution in [1.82, 2.24) is 0 Å². The number of carbonyl (C=O) groups excluding carboxylic acids is 2. The molecule has 0 fully saturated rings. The van der Waals surface area contributed by atoms with Crippen molar-refractivity contribution in [3.8, 4) is 0 Å². The molecule has 5 nitrogen and oxygen atoms in total. The highest BCUT2D eigenvalue weighted by atomic mass is 16.6. The van der Waals surface area contributed by atoms with E-state index in [2.05, 4.69) is 0 Å². The molecular weight excluding hydrogens is 220 g/mol. The maximum atomic E-state index is 11.7. The van der Waals surface area contributed by atoms with Gasteiger partial charge >= 0.3 is 12.1 Å². The van der Waals surface area contributed by atoms with Gasteiger partial charge in [-0.05, 0) is 38.0 Å². The van der Waals surface area contributed by atoms with Crippen LogP contribution in [-0.4, -0.2) is 18.7 Å². The highest BCUT2D eigenvalue weighted by Crippen LogP contribution is 2.23. The molecule has 17 heavy (non-hydrogen) atoms. The van der Waals surface area contributed by atoms with E-state index in [-0.39, 0.29) is 6.61 Å². The number of hydrogen-bond donors (Lipinski definition) is 1. The lowest BCUT2D eigenvalue weighted by molar-refractivity contribution is 0.160. The van der Waals surface area contributed by atoms with Crippen LogP contribution in [-0.2, 0) is 4.74 Å². The molecule has 0 spiro atoms. The molecule has 0 aliphatic carbocycles. The number of rotatable bonds is 2. The quantitative estimate of drug-likeness (QED) is 0.856. The summed E-state index contributed by atoms with van der Waals surface area (Å²) in [6, 6.07) is 4.46. The number of anilines is 1. The fourth-order valence-electron chi connectivity index (χ4n) is 1.47. The number of benzene rings is 1. The normalized spacial score (nSPS) is 9.82. The molecular formula is C12H16N2O3. The maximum absolute atomic E-state index is 11.7. The molecule has 0 radical (unpaired) electrons. The Labute approximate surface area is 100 Å². The zero-order chi connectivity index (χ0) is 13.0. The van der Waals surface area contributed by atoms with Gasteiger partial charge in [0.25, 0.3) is 0 Å². The van der Waals surface area contributed by atoms with Crippen LogP contribution in [0.25, 0.3) is 0 Å². The predicted octanol–water partition coefficient (Wildman–Crippen LogP) is 2.35. The van der Waals surface area contributed by atoms with Gasteiger partial charge in [0.2, 0.25) is 0 Å². The SMILES string of the molecule is CCOC(=O)N(C(N)=O)c1cccc(C)c1C. The number of imide groups is 1. The van der Waals surface area contributed by atoms with E-state index in [1.807, 2.05) is 19.9 Å². The first kappa shape index (κ1) is 13.0. The second-order valence-electron chi connectivity index (χ2n) is 3.59. The number of nitrogens with two attached hydrogens (primary N) is 1. The standard InChI is InChI=1S/C12H16N2O3/c1-4-17-12(16)14(11(13)15)10-7-5-6-8(2)9(10)3/h5-7H,4H2,1-3H3,(H2,13,15). The number of carbonyl (C=O) groups is 2. The number of ether oxygens (including phenoxy) is 1. The van der Waals surface area contributed by atoms with Gasteiger partial charge < -0.3 is 10.5 Å². The Morgan fingerprint density at radius 1 is 1.35 bits per heavy atom. The fraction of sp³-hybridized carbons (Fsp3) is 0.333. The Bertz CT molecular complexity index is 443. The number of amides is 3. The summed E-state index contributed by atoms with van der Waals surface area (Å²) in [6.45, 7) is 5.57. The van der Waals surface area contributed by atoms with Crippen LogP contribution in [0.5, 0.6) is 0 Å². The van der Waals surface area contributed by atoms with Crippen LogP contribution in [0.3, 0.4) is 0 Å². The van der Waals surface area contributed by atoms with E-state index in [1.165, 1.54) is 0 Å². The van der Waals surface area contributed by atoms with E-state index in [0.29, 0.717) is 5.69 Å². The van der Waals surface area contributed by atoms with Crippen LogP contribution in [0.4, 0.5) is 15.3 Å². The second kappa shape index (κ2) is 5.34. The van der Waals surface area contributed by atoms with E-state index in [1.54, 1.807) is 19.1 Å². The third kappa shape index (κ3) is 2.75. The van der Waals surface area contributed by atoms with Crippen LogP contribution >= 0.6 is 0 Å². The summed E-state index contributed by atoms with van der Waals surface area (Å²) in [6.07, 6.45) is -0.756. The van der Waals surface area contributed by atoms with Crippen LogP contribution in [0.15, 0.2) is 18.2 Å². The van der Waals surface area contributed by atoms with E-state index in [0.717, 1.165) is 16.0 Å². The molecule has 0 heterocycles. The van der Waals surface area contributed by atoms with Crippen molar-refractivity contribution in [3.05, 3.63) is 29.3 Å². The number of urea groups is 1. The molecule has 2 N–H and O–H groups in total. The van der Waals surface area contributed by atoms with Crippen LogP contribution in [0.1, 0.15) is 18.1 Å². The third-order valence-corrected chi connectivity index (χ3v) is 2.49. The van der Waals surface area contributed by atoms with E-state index >= 15 is 0 Å². The van der Waals surface area contributed by atoms with Crippen molar-refractivity contribution < 1.29 is 14.3 Å². The molecule has 0 saturated carbocycles. The zero-order valence-corrected chi connectivity index (χ0v) is 10.2. The molecule has 92 valence electrons. The lowest BCUT2D eigenvalue weighted by Crippen LogP contribution is -2.41. The minimum absolute atomic E-state index is 0.188. The molecule has 3 amide bonds. The number of hydrogen-bond acceptors (Lipinski definition) is 3. The van der Waals surface area contributed by atoms with Crippen LogP contribution in [0, 0.1) is 13.8 Å². The molecule has 1 aromatic carbocycles. The Balaban J connectivity index is 3.19. The van der Waals surface area contributed by atoms with Gasteiger partial charge in [-0.25, -0.2) is 9.59 Å². The predicted molar refractivity (Wildman–Crippen MR) is 65.0 cm³/mol. The van der Waals surface area contributed by atoms with Crippen LogP contribution < -0.4 is 10.6 Å². The minimum Gasteiger partial charge on any atom is -0.449 e. The van der Waals surface area contributed by atoms with Crippen molar-refractivity contribution in [2.45, 2.75) is 20.8 Å². The number of aryl methyl sites for hydroxylation is 1. The molecule has 0 aliphatic heterocycles. The van der Waals surface area contributed by atoms with Gasteiger partial charge in [-0.15, -0.1) is 0 Å². The zero-order valence-electron chi connectivity index (χ0n) is 10.2. The first-order chi connectivity index (χ1) is 7.99. The molecule has 1 rings (SSSR count). The summed E-state index contributed by atoms with van der Waals surface area (Å²) in [5.41, 5.74) is 7.45. The molecule has 0 saturated heterocycles. The summed E-state index contributed by atoms with van der Waals surface area (Å²) >= 11 is 0.